The van der Waals surface area contributed by atoms with Crippen molar-refractivity contribution in [2.24, 2.45) is 7.05 Å². The smallest absolute Gasteiger partial charge is 0.253 e. The molecule has 2 aliphatic heterocycles. The highest BCUT2D eigenvalue weighted by molar-refractivity contribution is 5.96. The summed E-state index contributed by atoms with van der Waals surface area (Å²) < 4.78 is 21.3. The largest absolute Gasteiger partial charge is 0.362 e. The first kappa shape index (κ1) is 17.2. The van der Waals surface area contributed by atoms with Gasteiger partial charge in [-0.1, -0.05) is 0 Å². The molecule has 0 saturated carbocycles. The van der Waals surface area contributed by atoms with Crippen molar-refractivity contribution in [1.29, 1.82) is 0 Å². The summed E-state index contributed by atoms with van der Waals surface area (Å²) in [6.45, 7) is 4.50. The number of likely N-dealkylation sites (tertiary alicyclic amines) is 1. The minimum Gasteiger partial charge on any atom is -0.362 e. The number of halogens is 1. The zero-order valence-corrected chi connectivity index (χ0v) is 15.1. The van der Waals surface area contributed by atoms with E-state index < -0.39 is 5.60 Å². The molecule has 2 aromatic rings. The van der Waals surface area contributed by atoms with E-state index in [1.807, 2.05) is 17.8 Å². The second-order valence-electron chi connectivity index (χ2n) is 7.35. The number of hydrogen-bond acceptors (Lipinski definition) is 4. The monoisotopic (exact) mass is 358 g/mol. The number of piperidine rings is 1. The average molecular weight is 358 g/mol. The van der Waals surface area contributed by atoms with Crippen molar-refractivity contribution >= 4 is 11.6 Å². The molecule has 2 saturated heterocycles. The lowest BCUT2D eigenvalue weighted by atomic mass is 9.85. The quantitative estimate of drug-likeness (QED) is 0.842. The molecule has 0 spiro atoms. The molecule has 0 N–H and O–H groups in total. The number of aryl methyl sites for hydroxylation is 1. The number of hydrogen-bond donors (Lipinski definition) is 0. The van der Waals surface area contributed by atoms with Crippen molar-refractivity contribution in [3.05, 3.63) is 48.3 Å². The van der Waals surface area contributed by atoms with Gasteiger partial charge in [0.2, 0.25) is 0 Å². The third-order valence-corrected chi connectivity index (χ3v) is 5.47. The minimum atomic E-state index is -0.459. The molecule has 7 heteroatoms. The molecule has 0 unspecified atom stereocenters. The molecule has 4 rings (SSSR count). The number of aromatic nitrogens is 2. The Bertz CT molecular complexity index is 806. The van der Waals surface area contributed by atoms with Crippen LogP contribution in [0, 0.1) is 5.82 Å². The van der Waals surface area contributed by atoms with Crippen LogP contribution in [0.15, 0.2) is 36.8 Å². The Morgan fingerprint density at radius 2 is 2.12 bits per heavy atom. The van der Waals surface area contributed by atoms with Crippen LogP contribution in [0.5, 0.6) is 0 Å². The van der Waals surface area contributed by atoms with Crippen molar-refractivity contribution in [2.75, 3.05) is 24.6 Å². The van der Waals surface area contributed by atoms with Gasteiger partial charge in [0.1, 0.15) is 12.4 Å². The number of morpholine rings is 1. The molecule has 0 aliphatic carbocycles. The summed E-state index contributed by atoms with van der Waals surface area (Å²) in [7, 11) is 1.99. The highest BCUT2D eigenvalue weighted by atomic mass is 19.1. The molecule has 0 bridgehead atoms. The van der Waals surface area contributed by atoms with Gasteiger partial charge >= 0.3 is 0 Å². The summed E-state index contributed by atoms with van der Waals surface area (Å²) in [4.78, 5) is 20.9. The maximum absolute atomic E-state index is 13.3. The predicted octanol–water partition coefficient (Wildman–Crippen LogP) is 1.96. The van der Waals surface area contributed by atoms with Crippen LogP contribution in [0.2, 0.25) is 0 Å². The molecular formula is C19H23FN4O2. The Hall–Kier alpha value is -2.25. The Labute approximate surface area is 152 Å². The summed E-state index contributed by atoms with van der Waals surface area (Å²) in [5, 5.41) is 0. The molecule has 1 amide bonds. The van der Waals surface area contributed by atoms with E-state index in [1.54, 1.807) is 23.4 Å². The Morgan fingerprint density at radius 1 is 1.35 bits per heavy atom. The fourth-order valence-electron chi connectivity index (χ4n) is 4.08. The summed E-state index contributed by atoms with van der Waals surface area (Å²) >= 11 is 0. The second kappa shape index (κ2) is 6.48. The van der Waals surface area contributed by atoms with Gasteiger partial charge in [-0.2, -0.15) is 0 Å². The summed E-state index contributed by atoms with van der Waals surface area (Å²) in [5.74, 6) is -0.373. The molecule has 138 valence electrons. The number of carbonyl (C=O) groups excluding carboxylic acids is 1. The first-order valence-corrected chi connectivity index (χ1v) is 8.85. The molecule has 2 fully saturated rings. The van der Waals surface area contributed by atoms with Gasteiger partial charge in [0.05, 0.1) is 23.7 Å². The van der Waals surface area contributed by atoms with Gasteiger partial charge in [-0.15, -0.1) is 0 Å². The maximum atomic E-state index is 13.3. The van der Waals surface area contributed by atoms with Crippen LogP contribution in [0.1, 0.15) is 19.0 Å². The van der Waals surface area contributed by atoms with Gasteiger partial charge in [0.25, 0.3) is 5.91 Å². The van der Waals surface area contributed by atoms with E-state index in [0.717, 1.165) is 37.4 Å². The van der Waals surface area contributed by atoms with Gasteiger partial charge in [-0.05, 0) is 37.6 Å². The predicted molar refractivity (Wildman–Crippen MR) is 95.1 cm³/mol. The van der Waals surface area contributed by atoms with Gasteiger partial charge < -0.3 is 14.2 Å². The number of imidazole rings is 1. The van der Waals surface area contributed by atoms with Crippen LogP contribution in [0.3, 0.4) is 0 Å². The van der Waals surface area contributed by atoms with Crippen LogP contribution in [0.4, 0.5) is 10.1 Å². The molecule has 2 atom stereocenters. The van der Waals surface area contributed by atoms with E-state index in [9.17, 15) is 9.18 Å². The standard InChI is InChI=1S/C19H23FN4O2/c1-19-12-23(10-16-9-21-13-22(16)2)8-7-17(19)24(18(25)11-26-19)15-5-3-14(20)4-6-15/h3-6,9,13,17H,7-8,10-12H2,1-2H3/t17-,19-/m1/s1. The van der Waals surface area contributed by atoms with Crippen molar-refractivity contribution in [3.8, 4) is 0 Å². The third kappa shape index (κ3) is 3.01. The van der Waals surface area contributed by atoms with Gasteiger partial charge in [0.15, 0.2) is 0 Å². The molecule has 1 aromatic carbocycles. The molecule has 3 heterocycles. The highest BCUT2D eigenvalue weighted by Crippen LogP contribution is 2.36. The van der Waals surface area contributed by atoms with Crippen LogP contribution < -0.4 is 4.90 Å². The normalized spacial score (nSPS) is 26.8. The molecular weight excluding hydrogens is 335 g/mol. The van der Waals surface area contributed by atoms with E-state index in [2.05, 4.69) is 16.8 Å². The third-order valence-electron chi connectivity index (χ3n) is 5.47. The molecule has 6 nitrogen and oxygen atoms in total. The molecule has 2 aliphatic rings. The molecule has 26 heavy (non-hydrogen) atoms. The van der Waals surface area contributed by atoms with E-state index in [4.69, 9.17) is 4.74 Å². The fraction of sp³-hybridized carbons (Fsp3) is 0.474. The zero-order valence-electron chi connectivity index (χ0n) is 15.1. The Morgan fingerprint density at radius 3 is 2.81 bits per heavy atom. The minimum absolute atomic E-state index is 0.0456. The number of rotatable bonds is 3. The maximum Gasteiger partial charge on any atom is 0.253 e. The van der Waals surface area contributed by atoms with E-state index >= 15 is 0 Å². The molecule has 1 aromatic heterocycles. The lowest BCUT2D eigenvalue weighted by molar-refractivity contribution is -0.152. The number of amides is 1. The number of benzene rings is 1. The first-order valence-electron chi connectivity index (χ1n) is 8.85. The molecule has 0 radical (unpaired) electrons. The fourth-order valence-corrected chi connectivity index (χ4v) is 4.08. The highest BCUT2D eigenvalue weighted by Gasteiger charge is 2.49. The summed E-state index contributed by atoms with van der Waals surface area (Å²) in [5.41, 5.74) is 1.42. The second-order valence-corrected chi connectivity index (χ2v) is 7.35. The van der Waals surface area contributed by atoms with Gasteiger partial charge in [0, 0.05) is 38.6 Å². The van der Waals surface area contributed by atoms with Gasteiger partial charge in [-0.25, -0.2) is 9.37 Å². The number of anilines is 1. The Kier molecular flexibility index (Phi) is 4.28. The van der Waals surface area contributed by atoms with E-state index in [1.165, 1.54) is 12.1 Å². The van der Waals surface area contributed by atoms with Crippen molar-refractivity contribution in [3.63, 3.8) is 0 Å². The van der Waals surface area contributed by atoms with Crippen LogP contribution in [0.25, 0.3) is 0 Å². The number of ether oxygens (including phenoxy) is 1. The van der Waals surface area contributed by atoms with Crippen LogP contribution >= 0.6 is 0 Å². The van der Waals surface area contributed by atoms with Crippen molar-refractivity contribution in [1.82, 2.24) is 14.5 Å². The first-order chi connectivity index (χ1) is 12.5. The number of nitrogens with zero attached hydrogens (tertiary/aromatic N) is 4. The SMILES string of the molecule is Cn1cncc1CN1CC[C@H]2N(c3ccc(F)cc3)C(=O)CO[C@]2(C)C1. The van der Waals surface area contributed by atoms with Crippen molar-refractivity contribution < 1.29 is 13.9 Å². The Balaban J connectivity index is 1.56. The number of fused-ring (bicyclic) bond motifs is 1. The summed E-state index contributed by atoms with van der Waals surface area (Å²) in [6, 6.07) is 6.07. The topological polar surface area (TPSA) is 50.6 Å². The average Bonchev–Trinajstić information content (AvgIpc) is 3.01. The van der Waals surface area contributed by atoms with Gasteiger partial charge in [-0.3, -0.25) is 9.69 Å². The van der Waals surface area contributed by atoms with E-state index in [0.29, 0.717) is 0 Å². The van der Waals surface area contributed by atoms with Crippen LogP contribution in [-0.2, 0) is 23.1 Å². The van der Waals surface area contributed by atoms with Crippen molar-refractivity contribution in [2.45, 2.75) is 31.5 Å². The lowest BCUT2D eigenvalue weighted by Gasteiger charge is -2.52. The number of carbonyl (C=O) groups is 1. The summed E-state index contributed by atoms with van der Waals surface area (Å²) in [6.07, 6.45) is 4.48. The van der Waals surface area contributed by atoms with E-state index in [-0.39, 0.29) is 24.4 Å². The lowest BCUT2D eigenvalue weighted by Crippen LogP contribution is -2.67. The van der Waals surface area contributed by atoms with Crippen LogP contribution in [-0.4, -0.2) is 51.7 Å². The zero-order chi connectivity index (χ0) is 18.3.